The highest BCUT2D eigenvalue weighted by Crippen LogP contribution is 2.24. The van der Waals surface area contributed by atoms with E-state index in [0.717, 1.165) is 28.2 Å². The Morgan fingerprint density at radius 2 is 2.09 bits per heavy atom. The molecule has 3 rings (SSSR count). The molecule has 0 saturated carbocycles. The second-order valence-corrected chi connectivity index (χ2v) is 5.22. The highest BCUT2D eigenvalue weighted by molar-refractivity contribution is 5.89. The number of anilines is 3. The molecule has 23 heavy (non-hydrogen) atoms. The normalized spacial score (nSPS) is 10.3. The number of amides is 1. The zero-order valence-corrected chi connectivity index (χ0v) is 12.9. The van der Waals surface area contributed by atoms with Crippen LogP contribution in [0.5, 0.6) is 0 Å². The predicted molar refractivity (Wildman–Crippen MR) is 90.6 cm³/mol. The van der Waals surface area contributed by atoms with E-state index in [2.05, 4.69) is 25.6 Å². The predicted octanol–water partition coefficient (Wildman–Crippen LogP) is 3.48. The molecule has 0 aliphatic carbocycles. The number of benzene rings is 1. The van der Waals surface area contributed by atoms with Crippen molar-refractivity contribution in [1.82, 2.24) is 15.0 Å². The molecule has 6 nitrogen and oxygen atoms in total. The van der Waals surface area contributed by atoms with Crippen LogP contribution in [0.3, 0.4) is 0 Å². The zero-order chi connectivity index (χ0) is 16.2. The second kappa shape index (κ2) is 6.31. The fourth-order valence-corrected chi connectivity index (χ4v) is 2.22. The Kier molecular flexibility index (Phi) is 4.05. The Morgan fingerprint density at radius 1 is 1.22 bits per heavy atom. The first-order valence-electron chi connectivity index (χ1n) is 7.22. The van der Waals surface area contributed by atoms with Crippen molar-refractivity contribution in [3.63, 3.8) is 0 Å². The lowest BCUT2D eigenvalue weighted by molar-refractivity contribution is -0.114. The SMILES string of the molecule is CC(=O)Nc1ccc(C)c(Nc2ncc(-c3cccnc3)[nH]2)c1. The molecular formula is C17H17N5O. The van der Waals surface area contributed by atoms with Gasteiger partial charge < -0.3 is 15.6 Å². The molecule has 0 unspecified atom stereocenters. The monoisotopic (exact) mass is 307 g/mol. The van der Waals surface area contributed by atoms with Gasteiger partial charge in [-0.05, 0) is 36.8 Å². The van der Waals surface area contributed by atoms with Crippen LogP contribution in [0.4, 0.5) is 17.3 Å². The number of carbonyl (C=O) groups excluding carboxylic acids is 1. The Bertz CT molecular complexity index is 826. The average molecular weight is 307 g/mol. The van der Waals surface area contributed by atoms with Crippen LogP contribution in [0.2, 0.25) is 0 Å². The molecule has 0 aliphatic heterocycles. The summed E-state index contributed by atoms with van der Waals surface area (Å²) in [5.41, 5.74) is 4.53. The van der Waals surface area contributed by atoms with Crippen molar-refractivity contribution >= 4 is 23.2 Å². The van der Waals surface area contributed by atoms with Gasteiger partial charge in [-0.25, -0.2) is 4.98 Å². The van der Waals surface area contributed by atoms with Crippen LogP contribution >= 0.6 is 0 Å². The number of rotatable bonds is 4. The molecule has 0 aliphatic rings. The minimum Gasteiger partial charge on any atom is -0.326 e. The topological polar surface area (TPSA) is 82.7 Å². The Hall–Kier alpha value is -3.15. The van der Waals surface area contributed by atoms with E-state index in [0.29, 0.717) is 5.95 Å². The number of nitrogens with zero attached hydrogens (tertiary/aromatic N) is 2. The van der Waals surface area contributed by atoms with Crippen LogP contribution in [-0.4, -0.2) is 20.9 Å². The standard InChI is InChI=1S/C17H17N5O/c1-11-5-6-14(20-12(2)23)8-15(11)21-17-19-10-16(22-17)13-4-3-7-18-9-13/h3-10H,1-2H3,(H,20,23)(H2,19,21,22). The van der Waals surface area contributed by atoms with E-state index < -0.39 is 0 Å². The van der Waals surface area contributed by atoms with Gasteiger partial charge >= 0.3 is 0 Å². The summed E-state index contributed by atoms with van der Waals surface area (Å²) in [5, 5.41) is 6.01. The highest BCUT2D eigenvalue weighted by atomic mass is 16.1. The first-order chi connectivity index (χ1) is 11.1. The van der Waals surface area contributed by atoms with Gasteiger partial charge in [0.2, 0.25) is 11.9 Å². The van der Waals surface area contributed by atoms with Gasteiger partial charge in [-0.1, -0.05) is 6.07 Å². The molecule has 0 saturated heterocycles. The van der Waals surface area contributed by atoms with E-state index in [1.54, 1.807) is 18.6 Å². The van der Waals surface area contributed by atoms with Crippen LogP contribution in [0.1, 0.15) is 12.5 Å². The van der Waals surface area contributed by atoms with Crippen molar-refractivity contribution in [3.05, 3.63) is 54.5 Å². The van der Waals surface area contributed by atoms with Gasteiger partial charge in [-0.15, -0.1) is 0 Å². The summed E-state index contributed by atoms with van der Waals surface area (Å²) in [6.07, 6.45) is 5.27. The molecule has 0 fully saturated rings. The summed E-state index contributed by atoms with van der Waals surface area (Å²) >= 11 is 0. The number of pyridine rings is 1. The minimum atomic E-state index is -0.100. The third-order valence-corrected chi connectivity index (χ3v) is 3.36. The summed E-state index contributed by atoms with van der Waals surface area (Å²) in [4.78, 5) is 22.8. The van der Waals surface area contributed by atoms with Crippen molar-refractivity contribution in [2.75, 3.05) is 10.6 Å². The summed E-state index contributed by atoms with van der Waals surface area (Å²) in [6.45, 7) is 3.48. The van der Waals surface area contributed by atoms with Gasteiger partial charge in [-0.2, -0.15) is 0 Å². The fraction of sp³-hybridized carbons (Fsp3) is 0.118. The molecule has 1 aromatic carbocycles. The van der Waals surface area contributed by atoms with Crippen LogP contribution in [-0.2, 0) is 4.79 Å². The van der Waals surface area contributed by atoms with E-state index >= 15 is 0 Å². The van der Waals surface area contributed by atoms with E-state index in [-0.39, 0.29) is 5.91 Å². The molecule has 6 heteroatoms. The van der Waals surface area contributed by atoms with Crippen LogP contribution in [0.15, 0.2) is 48.9 Å². The third kappa shape index (κ3) is 3.55. The number of H-pyrrole nitrogens is 1. The summed E-state index contributed by atoms with van der Waals surface area (Å²) in [6, 6.07) is 9.53. The first-order valence-corrected chi connectivity index (χ1v) is 7.22. The smallest absolute Gasteiger partial charge is 0.221 e. The molecule has 116 valence electrons. The lowest BCUT2D eigenvalue weighted by atomic mass is 10.2. The van der Waals surface area contributed by atoms with E-state index in [1.165, 1.54) is 6.92 Å². The molecule has 3 N–H and O–H groups in total. The van der Waals surface area contributed by atoms with E-state index in [4.69, 9.17) is 0 Å². The molecule has 0 bridgehead atoms. The van der Waals surface area contributed by atoms with Crippen molar-refractivity contribution < 1.29 is 4.79 Å². The molecule has 0 atom stereocenters. The fourth-order valence-electron chi connectivity index (χ4n) is 2.22. The summed E-state index contributed by atoms with van der Waals surface area (Å²) < 4.78 is 0. The van der Waals surface area contributed by atoms with Crippen LogP contribution in [0.25, 0.3) is 11.3 Å². The first kappa shape index (κ1) is 14.8. The molecule has 0 spiro atoms. The number of hydrogen-bond donors (Lipinski definition) is 3. The number of imidazole rings is 1. The van der Waals surface area contributed by atoms with Crippen molar-refractivity contribution in [2.24, 2.45) is 0 Å². The molecule has 0 radical (unpaired) electrons. The number of aromatic amines is 1. The zero-order valence-electron chi connectivity index (χ0n) is 12.9. The lowest BCUT2D eigenvalue weighted by Gasteiger charge is -2.10. The third-order valence-electron chi connectivity index (χ3n) is 3.36. The summed E-state index contributed by atoms with van der Waals surface area (Å²) in [7, 11) is 0. The van der Waals surface area contributed by atoms with Gasteiger partial charge in [0, 0.05) is 36.3 Å². The molecule has 2 heterocycles. The number of hydrogen-bond acceptors (Lipinski definition) is 4. The quantitative estimate of drug-likeness (QED) is 0.689. The van der Waals surface area contributed by atoms with Crippen LogP contribution < -0.4 is 10.6 Å². The molecule has 2 aromatic heterocycles. The van der Waals surface area contributed by atoms with E-state index in [9.17, 15) is 4.79 Å². The number of aryl methyl sites for hydroxylation is 1. The lowest BCUT2D eigenvalue weighted by Crippen LogP contribution is -2.06. The summed E-state index contributed by atoms with van der Waals surface area (Å²) in [5.74, 6) is 0.531. The maximum Gasteiger partial charge on any atom is 0.221 e. The molecule has 3 aromatic rings. The number of carbonyl (C=O) groups is 1. The second-order valence-electron chi connectivity index (χ2n) is 5.22. The van der Waals surface area contributed by atoms with Gasteiger partial charge in [0.25, 0.3) is 0 Å². The van der Waals surface area contributed by atoms with Gasteiger partial charge in [0.1, 0.15) is 0 Å². The van der Waals surface area contributed by atoms with Gasteiger partial charge in [0.15, 0.2) is 0 Å². The maximum atomic E-state index is 11.2. The van der Waals surface area contributed by atoms with Crippen molar-refractivity contribution in [1.29, 1.82) is 0 Å². The maximum absolute atomic E-state index is 11.2. The molecular weight excluding hydrogens is 290 g/mol. The average Bonchev–Trinajstić information content (AvgIpc) is 3.00. The van der Waals surface area contributed by atoms with Crippen molar-refractivity contribution in [3.8, 4) is 11.3 Å². The van der Waals surface area contributed by atoms with Gasteiger partial charge in [-0.3, -0.25) is 9.78 Å². The van der Waals surface area contributed by atoms with Crippen molar-refractivity contribution in [2.45, 2.75) is 13.8 Å². The minimum absolute atomic E-state index is 0.100. The highest BCUT2D eigenvalue weighted by Gasteiger charge is 2.06. The number of aromatic nitrogens is 3. The Labute approximate surface area is 134 Å². The van der Waals surface area contributed by atoms with Gasteiger partial charge in [0.05, 0.1) is 11.9 Å². The number of nitrogens with one attached hydrogen (secondary N) is 3. The largest absolute Gasteiger partial charge is 0.326 e. The van der Waals surface area contributed by atoms with E-state index in [1.807, 2.05) is 37.3 Å². The molecule has 1 amide bonds. The Balaban J connectivity index is 1.82. The Morgan fingerprint density at radius 3 is 2.83 bits per heavy atom. The van der Waals surface area contributed by atoms with Crippen LogP contribution in [0, 0.1) is 6.92 Å².